The fraction of sp³-hybridized carbons (Fsp3) is 0.231. The molecule has 0 saturated carbocycles. The second-order valence-electron chi connectivity index (χ2n) is 3.15. The standard InChI is InChI=1S/C13H16S/c1-4-12-6-8-13(9-7-12)11(3)10-14-5-2/h5-10H,2,4H2,1,3H3/b11-10+. The van der Waals surface area contributed by atoms with Crippen LogP contribution in [0.15, 0.2) is 41.7 Å². The summed E-state index contributed by atoms with van der Waals surface area (Å²) in [4.78, 5) is 0. The monoisotopic (exact) mass is 204 g/mol. The second-order valence-corrected chi connectivity index (χ2v) is 4.00. The smallest absolute Gasteiger partial charge is 0.0213 e. The molecule has 0 aromatic heterocycles. The van der Waals surface area contributed by atoms with Crippen molar-refractivity contribution in [2.75, 3.05) is 0 Å². The van der Waals surface area contributed by atoms with Crippen LogP contribution in [0.25, 0.3) is 5.57 Å². The predicted molar refractivity (Wildman–Crippen MR) is 67.3 cm³/mol. The van der Waals surface area contributed by atoms with Gasteiger partial charge in [-0.1, -0.05) is 37.8 Å². The maximum absolute atomic E-state index is 3.67. The van der Waals surface area contributed by atoms with Gasteiger partial charge < -0.3 is 0 Å². The predicted octanol–water partition coefficient (Wildman–Crippen LogP) is 4.49. The molecule has 0 spiro atoms. The summed E-state index contributed by atoms with van der Waals surface area (Å²) in [5.74, 6) is 0. The molecule has 0 bridgehead atoms. The van der Waals surface area contributed by atoms with Gasteiger partial charge in [-0.2, -0.15) is 0 Å². The maximum Gasteiger partial charge on any atom is -0.0213 e. The minimum absolute atomic E-state index is 1.10. The number of hydrogen-bond donors (Lipinski definition) is 0. The highest BCUT2D eigenvalue weighted by atomic mass is 32.2. The van der Waals surface area contributed by atoms with Crippen LogP contribution in [-0.2, 0) is 6.42 Å². The Hall–Kier alpha value is -0.950. The Morgan fingerprint density at radius 2 is 2.00 bits per heavy atom. The van der Waals surface area contributed by atoms with Crippen molar-refractivity contribution in [3.8, 4) is 0 Å². The van der Waals surface area contributed by atoms with E-state index in [0.29, 0.717) is 0 Å². The summed E-state index contributed by atoms with van der Waals surface area (Å²) in [6.45, 7) is 7.97. The van der Waals surface area contributed by atoms with Gasteiger partial charge in [-0.15, -0.1) is 11.8 Å². The van der Waals surface area contributed by atoms with E-state index in [9.17, 15) is 0 Å². The molecule has 0 atom stereocenters. The van der Waals surface area contributed by atoms with Crippen LogP contribution in [0.3, 0.4) is 0 Å². The first-order valence-electron chi connectivity index (χ1n) is 4.80. The first-order chi connectivity index (χ1) is 6.77. The molecule has 0 aliphatic carbocycles. The van der Waals surface area contributed by atoms with E-state index in [0.717, 1.165) is 6.42 Å². The minimum Gasteiger partial charge on any atom is -0.106 e. The summed E-state index contributed by atoms with van der Waals surface area (Å²) < 4.78 is 0. The van der Waals surface area contributed by atoms with Crippen LogP contribution in [-0.4, -0.2) is 0 Å². The van der Waals surface area contributed by atoms with Crippen molar-refractivity contribution < 1.29 is 0 Å². The molecule has 0 heterocycles. The highest BCUT2D eigenvalue weighted by molar-refractivity contribution is 8.05. The molecular formula is C13H16S. The van der Waals surface area contributed by atoms with E-state index in [1.807, 2.05) is 5.41 Å². The molecule has 1 aromatic carbocycles. The molecule has 1 rings (SSSR count). The lowest BCUT2D eigenvalue weighted by molar-refractivity contribution is 1.14. The van der Waals surface area contributed by atoms with Gasteiger partial charge in [0.25, 0.3) is 0 Å². The Morgan fingerprint density at radius 1 is 1.36 bits per heavy atom. The van der Waals surface area contributed by atoms with E-state index < -0.39 is 0 Å². The largest absolute Gasteiger partial charge is 0.106 e. The van der Waals surface area contributed by atoms with E-state index in [-0.39, 0.29) is 0 Å². The lowest BCUT2D eigenvalue weighted by Crippen LogP contribution is -1.82. The van der Waals surface area contributed by atoms with Gasteiger partial charge in [-0.25, -0.2) is 0 Å². The van der Waals surface area contributed by atoms with Crippen molar-refractivity contribution >= 4 is 17.3 Å². The van der Waals surface area contributed by atoms with E-state index in [2.05, 4.69) is 50.1 Å². The lowest BCUT2D eigenvalue weighted by Gasteiger charge is -2.02. The zero-order chi connectivity index (χ0) is 10.4. The fourth-order valence-corrected chi connectivity index (χ4v) is 1.66. The van der Waals surface area contributed by atoms with Crippen LogP contribution in [0.5, 0.6) is 0 Å². The van der Waals surface area contributed by atoms with E-state index in [4.69, 9.17) is 0 Å². The van der Waals surface area contributed by atoms with Gasteiger partial charge in [0.2, 0.25) is 0 Å². The SMILES string of the molecule is C=CS/C=C(\C)c1ccc(CC)cc1. The molecule has 14 heavy (non-hydrogen) atoms. The van der Waals surface area contributed by atoms with Crippen molar-refractivity contribution in [2.45, 2.75) is 20.3 Å². The van der Waals surface area contributed by atoms with Crippen LogP contribution in [0.4, 0.5) is 0 Å². The molecule has 0 aliphatic heterocycles. The number of hydrogen-bond acceptors (Lipinski definition) is 1. The molecular weight excluding hydrogens is 188 g/mol. The van der Waals surface area contributed by atoms with Crippen molar-refractivity contribution in [3.63, 3.8) is 0 Å². The van der Waals surface area contributed by atoms with Gasteiger partial charge in [0, 0.05) is 0 Å². The quantitative estimate of drug-likeness (QED) is 0.696. The van der Waals surface area contributed by atoms with Crippen LogP contribution in [0.1, 0.15) is 25.0 Å². The second kappa shape index (κ2) is 5.71. The molecule has 0 fully saturated rings. The summed E-state index contributed by atoms with van der Waals surface area (Å²) in [5.41, 5.74) is 3.96. The van der Waals surface area contributed by atoms with Crippen molar-refractivity contribution in [3.05, 3.63) is 52.8 Å². The van der Waals surface area contributed by atoms with Crippen molar-refractivity contribution in [1.29, 1.82) is 0 Å². The summed E-state index contributed by atoms with van der Waals surface area (Å²) in [7, 11) is 0. The summed E-state index contributed by atoms with van der Waals surface area (Å²) >= 11 is 1.62. The van der Waals surface area contributed by atoms with Gasteiger partial charge in [-0.05, 0) is 40.9 Å². The normalized spacial score (nSPS) is 11.4. The van der Waals surface area contributed by atoms with Crippen molar-refractivity contribution in [1.82, 2.24) is 0 Å². The minimum atomic E-state index is 1.10. The molecule has 0 N–H and O–H groups in total. The molecule has 0 radical (unpaired) electrons. The van der Waals surface area contributed by atoms with Gasteiger partial charge in [0.1, 0.15) is 0 Å². The number of benzene rings is 1. The van der Waals surface area contributed by atoms with Crippen LogP contribution in [0, 0.1) is 0 Å². The third-order valence-corrected chi connectivity index (χ3v) is 2.84. The number of thioether (sulfide) groups is 1. The van der Waals surface area contributed by atoms with E-state index >= 15 is 0 Å². The Balaban J connectivity index is 2.80. The van der Waals surface area contributed by atoms with Crippen LogP contribution >= 0.6 is 11.8 Å². The van der Waals surface area contributed by atoms with Gasteiger partial charge in [0.15, 0.2) is 0 Å². The van der Waals surface area contributed by atoms with Gasteiger partial charge in [-0.3, -0.25) is 0 Å². The fourth-order valence-electron chi connectivity index (χ4n) is 1.22. The summed E-state index contributed by atoms with van der Waals surface area (Å²) in [6.07, 6.45) is 1.10. The van der Waals surface area contributed by atoms with Gasteiger partial charge in [0.05, 0.1) is 0 Å². The molecule has 0 aliphatic rings. The Bertz CT molecular complexity index is 320. The molecule has 0 unspecified atom stereocenters. The molecule has 0 amide bonds. The zero-order valence-corrected chi connectivity index (χ0v) is 9.60. The zero-order valence-electron chi connectivity index (χ0n) is 8.79. The third kappa shape index (κ3) is 3.08. The summed E-state index contributed by atoms with van der Waals surface area (Å²) in [6, 6.07) is 8.72. The molecule has 0 saturated heterocycles. The Labute approximate surface area is 90.7 Å². The summed E-state index contributed by atoms with van der Waals surface area (Å²) in [5, 5.41) is 3.96. The van der Waals surface area contributed by atoms with Crippen LogP contribution < -0.4 is 0 Å². The molecule has 0 nitrogen and oxygen atoms in total. The molecule has 74 valence electrons. The van der Waals surface area contributed by atoms with E-state index in [1.165, 1.54) is 16.7 Å². The lowest BCUT2D eigenvalue weighted by atomic mass is 10.1. The average molecular weight is 204 g/mol. The maximum atomic E-state index is 3.67. The number of rotatable bonds is 4. The molecule has 1 aromatic rings. The Kier molecular flexibility index (Phi) is 4.54. The van der Waals surface area contributed by atoms with E-state index in [1.54, 1.807) is 11.8 Å². The van der Waals surface area contributed by atoms with Crippen molar-refractivity contribution in [2.24, 2.45) is 0 Å². The highest BCUT2D eigenvalue weighted by Gasteiger charge is 1.94. The first kappa shape index (κ1) is 11.1. The molecule has 1 heteroatoms. The Morgan fingerprint density at radius 3 is 2.50 bits per heavy atom. The number of allylic oxidation sites excluding steroid dienone is 1. The van der Waals surface area contributed by atoms with Gasteiger partial charge >= 0.3 is 0 Å². The topological polar surface area (TPSA) is 0 Å². The third-order valence-electron chi connectivity index (χ3n) is 2.16. The highest BCUT2D eigenvalue weighted by Crippen LogP contribution is 2.18. The first-order valence-corrected chi connectivity index (χ1v) is 5.74. The van der Waals surface area contributed by atoms with Crippen LogP contribution in [0.2, 0.25) is 0 Å². The average Bonchev–Trinajstić information content (AvgIpc) is 2.26. The number of aryl methyl sites for hydroxylation is 1.